The van der Waals surface area contributed by atoms with Crippen LogP contribution >= 0.6 is 7.14 Å². The maximum atomic E-state index is 14.1. The fourth-order valence-electron chi connectivity index (χ4n) is 3.98. The predicted octanol–water partition coefficient (Wildman–Crippen LogP) is 3.56. The first kappa shape index (κ1) is 16.1. The maximum Gasteiger partial charge on any atom is 0.145 e. The topological polar surface area (TPSA) is 29.5 Å². The lowest BCUT2D eigenvalue weighted by Gasteiger charge is -2.27. The molecular formula is C20H24NO2P. The van der Waals surface area contributed by atoms with Crippen LogP contribution in [-0.2, 0) is 9.40 Å². The van der Waals surface area contributed by atoms with E-state index in [1.807, 2.05) is 60.7 Å². The maximum absolute atomic E-state index is 14.1. The highest BCUT2D eigenvalue weighted by atomic mass is 31.2. The van der Waals surface area contributed by atoms with Crippen LogP contribution in [0.5, 0.6) is 0 Å². The molecule has 2 aromatic carbocycles. The van der Waals surface area contributed by atoms with Crippen molar-refractivity contribution < 1.29 is 9.40 Å². The van der Waals surface area contributed by atoms with E-state index in [0.717, 1.165) is 23.6 Å². The number of fused-ring (bicyclic) bond motifs is 1. The largest absolute Gasteiger partial charge is 0.314 e. The van der Waals surface area contributed by atoms with Crippen molar-refractivity contribution in [1.82, 2.24) is 5.06 Å². The summed E-state index contributed by atoms with van der Waals surface area (Å²) in [5.74, 6) is 0. The van der Waals surface area contributed by atoms with E-state index >= 15 is 0 Å². The van der Waals surface area contributed by atoms with Crippen molar-refractivity contribution in [3.05, 3.63) is 60.7 Å². The third-order valence-corrected chi connectivity index (χ3v) is 8.39. The van der Waals surface area contributed by atoms with Crippen LogP contribution in [0.4, 0.5) is 0 Å². The average molecular weight is 341 g/mol. The van der Waals surface area contributed by atoms with Crippen LogP contribution in [0, 0.1) is 0 Å². The Morgan fingerprint density at radius 3 is 2.17 bits per heavy atom. The molecule has 0 saturated carbocycles. The number of hydrogen-bond donors (Lipinski definition) is 0. The van der Waals surface area contributed by atoms with E-state index in [1.54, 1.807) is 0 Å². The highest BCUT2D eigenvalue weighted by Gasteiger charge is 2.39. The Bertz CT molecular complexity index is 661. The second-order valence-electron chi connectivity index (χ2n) is 6.85. The van der Waals surface area contributed by atoms with Gasteiger partial charge in [0.05, 0.1) is 6.10 Å². The van der Waals surface area contributed by atoms with Gasteiger partial charge in [-0.2, -0.15) is 5.06 Å². The predicted molar refractivity (Wildman–Crippen MR) is 98.5 cm³/mol. The highest BCUT2D eigenvalue weighted by molar-refractivity contribution is 7.78. The van der Waals surface area contributed by atoms with Crippen molar-refractivity contribution in [2.45, 2.75) is 37.8 Å². The molecule has 0 bridgehead atoms. The molecule has 4 heteroatoms. The molecule has 0 spiro atoms. The zero-order valence-electron chi connectivity index (χ0n) is 13.9. The summed E-state index contributed by atoms with van der Waals surface area (Å²) < 4.78 is 14.1. The van der Waals surface area contributed by atoms with E-state index in [-0.39, 0.29) is 6.10 Å². The molecule has 0 unspecified atom stereocenters. The molecule has 24 heavy (non-hydrogen) atoms. The van der Waals surface area contributed by atoms with Crippen LogP contribution in [0.15, 0.2) is 60.7 Å². The van der Waals surface area contributed by atoms with E-state index < -0.39 is 7.14 Å². The van der Waals surface area contributed by atoms with Crippen LogP contribution in [0.3, 0.4) is 0 Å². The van der Waals surface area contributed by atoms with Gasteiger partial charge in [0.25, 0.3) is 0 Å². The second-order valence-corrected chi connectivity index (χ2v) is 9.72. The van der Waals surface area contributed by atoms with Crippen LogP contribution in [-0.4, -0.2) is 29.9 Å². The normalized spacial score (nSPS) is 24.7. The zero-order valence-corrected chi connectivity index (χ0v) is 14.8. The van der Waals surface area contributed by atoms with Crippen molar-refractivity contribution >= 4 is 17.8 Å². The first-order valence-electron chi connectivity index (χ1n) is 8.89. The molecule has 0 N–H and O–H groups in total. The Morgan fingerprint density at radius 2 is 1.58 bits per heavy atom. The molecule has 2 aliphatic heterocycles. The quantitative estimate of drug-likeness (QED) is 0.797. The molecule has 4 rings (SSSR count). The van der Waals surface area contributed by atoms with Gasteiger partial charge in [0.2, 0.25) is 0 Å². The molecule has 2 saturated heterocycles. The number of benzene rings is 2. The summed E-state index contributed by atoms with van der Waals surface area (Å²) in [4.78, 5) is 6.17. The summed E-state index contributed by atoms with van der Waals surface area (Å²) in [6, 6.07) is 20.4. The standard InChI is InChI=1S/C20H24NO2P/c22-24(19-10-3-1-4-11-19,20-12-5-2-6-13-20)16-18-15-17-9-7-8-14-21(17)23-18/h1-6,10-13,17-18H,7-9,14-16H2/t17-,18+/m1/s1. The lowest BCUT2D eigenvalue weighted by atomic mass is 10.0. The molecular weight excluding hydrogens is 317 g/mol. The van der Waals surface area contributed by atoms with Gasteiger partial charge in [-0.15, -0.1) is 0 Å². The summed E-state index contributed by atoms with van der Waals surface area (Å²) in [6.45, 7) is 1.02. The van der Waals surface area contributed by atoms with E-state index in [4.69, 9.17) is 4.84 Å². The van der Waals surface area contributed by atoms with Gasteiger partial charge in [-0.1, -0.05) is 67.1 Å². The highest BCUT2D eigenvalue weighted by Crippen LogP contribution is 2.46. The SMILES string of the molecule is O=P(C[C@@H]1C[C@H]2CCCCN2O1)(c1ccccc1)c1ccccc1. The molecule has 126 valence electrons. The minimum atomic E-state index is -2.68. The first-order chi connectivity index (χ1) is 11.8. The molecule has 0 radical (unpaired) electrons. The molecule has 2 atom stereocenters. The third kappa shape index (κ3) is 3.09. The number of rotatable bonds is 4. The van der Waals surface area contributed by atoms with Crippen LogP contribution < -0.4 is 10.6 Å². The molecule has 2 aliphatic rings. The summed E-state index contributed by atoms with van der Waals surface area (Å²) in [6.07, 6.45) is 5.35. The number of hydrogen-bond acceptors (Lipinski definition) is 3. The number of nitrogens with zero attached hydrogens (tertiary/aromatic N) is 1. The number of piperidine rings is 1. The lowest BCUT2D eigenvalue weighted by molar-refractivity contribution is -0.166. The third-order valence-electron chi connectivity index (χ3n) is 5.20. The van der Waals surface area contributed by atoms with Crippen molar-refractivity contribution in [1.29, 1.82) is 0 Å². The zero-order chi connectivity index (χ0) is 16.4. The fourth-order valence-corrected chi connectivity index (χ4v) is 6.79. The lowest BCUT2D eigenvalue weighted by Crippen LogP contribution is -2.33. The van der Waals surface area contributed by atoms with Crippen LogP contribution in [0.2, 0.25) is 0 Å². The second kappa shape index (κ2) is 6.84. The van der Waals surface area contributed by atoms with Gasteiger partial charge in [0.15, 0.2) is 0 Å². The van der Waals surface area contributed by atoms with E-state index in [0.29, 0.717) is 12.2 Å². The van der Waals surface area contributed by atoms with E-state index in [2.05, 4.69) is 5.06 Å². The first-order valence-corrected chi connectivity index (χ1v) is 10.8. The van der Waals surface area contributed by atoms with Crippen molar-refractivity contribution in [2.24, 2.45) is 0 Å². The van der Waals surface area contributed by atoms with Crippen LogP contribution in [0.25, 0.3) is 0 Å². The average Bonchev–Trinajstić information content (AvgIpc) is 3.05. The van der Waals surface area contributed by atoms with Crippen molar-refractivity contribution in [2.75, 3.05) is 12.7 Å². The molecule has 0 aromatic heterocycles. The molecule has 2 fully saturated rings. The van der Waals surface area contributed by atoms with Gasteiger partial charge >= 0.3 is 0 Å². The Morgan fingerprint density at radius 1 is 0.958 bits per heavy atom. The Labute approximate surface area is 144 Å². The fraction of sp³-hybridized carbons (Fsp3) is 0.400. The Hall–Kier alpha value is -1.41. The van der Waals surface area contributed by atoms with Gasteiger partial charge in [-0.05, 0) is 19.3 Å². The van der Waals surface area contributed by atoms with Gasteiger partial charge in [0, 0.05) is 29.4 Å². The van der Waals surface area contributed by atoms with E-state index in [1.165, 1.54) is 19.3 Å². The van der Waals surface area contributed by atoms with Crippen LogP contribution in [0.1, 0.15) is 25.7 Å². The smallest absolute Gasteiger partial charge is 0.145 e. The summed E-state index contributed by atoms with van der Waals surface area (Å²) in [5.41, 5.74) is 0. The van der Waals surface area contributed by atoms with Crippen molar-refractivity contribution in [3.63, 3.8) is 0 Å². The van der Waals surface area contributed by atoms with Gasteiger partial charge in [-0.3, -0.25) is 4.84 Å². The molecule has 3 nitrogen and oxygen atoms in total. The van der Waals surface area contributed by atoms with E-state index in [9.17, 15) is 4.57 Å². The van der Waals surface area contributed by atoms with Gasteiger partial charge in [-0.25, -0.2) is 0 Å². The summed E-state index contributed by atoms with van der Waals surface area (Å²) in [5, 5.41) is 4.02. The monoisotopic (exact) mass is 341 g/mol. The van der Waals surface area contributed by atoms with Crippen molar-refractivity contribution in [3.8, 4) is 0 Å². The molecule has 0 amide bonds. The summed E-state index contributed by atoms with van der Waals surface area (Å²) >= 11 is 0. The molecule has 2 heterocycles. The Balaban J connectivity index is 1.63. The number of hydroxylamine groups is 2. The minimum Gasteiger partial charge on any atom is -0.314 e. The summed E-state index contributed by atoms with van der Waals surface area (Å²) in [7, 11) is -2.68. The van der Waals surface area contributed by atoms with Gasteiger partial charge in [0.1, 0.15) is 7.14 Å². The van der Waals surface area contributed by atoms with Gasteiger partial charge < -0.3 is 4.57 Å². The minimum absolute atomic E-state index is 0.0549. The molecule has 2 aromatic rings. The Kier molecular flexibility index (Phi) is 4.58. The molecule has 0 aliphatic carbocycles.